The summed E-state index contributed by atoms with van der Waals surface area (Å²) in [7, 11) is -3.95. The van der Waals surface area contributed by atoms with E-state index < -0.39 is 12.8 Å². The van der Waals surface area contributed by atoms with Crippen LogP contribution in [0.1, 0.15) is 33.1 Å². The van der Waals surface area contributed by atoms with Gasteiger partial charge in [0.15, 0.2) is 0 Å². The predicted octanol–water partition coefficient (Wildman–Crippen LogP) is 1.07. The van der Waals surface area contributed by atoms with Crippen LogP contribution in [0.3, 0.4) is 0 Å². The summed E-state index contributed by atoms with van der Waals surface area (Å²) in [5.74, 6) is 0. The van der Waals surface area contributed by atoms with Crippen molar-refractivity contribution in [2.75, 3.05) is 6.54 Å². The maximum Gasteiger partial charge on any atom is 0.331 e. The Morgan fingerprint density at radius 2 is 1.83 bits per heavy atom. The summed E-state index contributed by atoms with van der Waals surface area (Å²) in [5, 5.41) is -0.901. The molecular formula is C7H18NO3P. The highest BCUT2D eigenvalue weighted by molar-refractivity contribution is 7.53. The average molecular weight is 195 g/mol. The molecule has 0 amide bonds. The summed E-state index contributed by atoms with van der Waals surface area (Å²) >= 11 is 0. The zero-order valence-electron chi connectivity index (χ0n) is 7.66. The van der Waals surface area contributed by atoms with Gasteiger partial charge in [-0.25, -0.2) is 0 Å². The topological polar surface area (TPSA) is 83.6 Å². The van der Waals surface area contributed by atoms with E-state index in [2.05, 4.69) is 0 Å². The maximum atomic E-state index is 10.9. The first-order valence-electron chi connectivity index (χ1n) is 4.07. The zero-order chi connectivity index (χ0) is 9.83. The van der Waals surface area contributed by atoms with Gasteiger partial charge in [0.1, 0.15) is 0 Å². The molecule has 0 spiro atoms. The highest BCUT2D eigenvalue weighted by Gasteiger charge is 2.36. The van der Waals surface area contributed by atoms with E-state index in [4.69, 9.17) is 15.5 Å². The van der Waals surface area contributed by atoms with Crippen molar-refractivity contribution < 1.29 is 14.4 Å². The number of hydrogen-bond acceptors (Lipinski definition) is 2. The van der Waals surface area contributed by atoms with Gasteiger partial charge in [0.05, 0.1) is 5.16 Å². The second kappa shape index (κ2) is 4.38. The molecule has 4 nitrogen and oxygen atoms in total. The molecule has 0 fully saturated rings. The molecule has 0 radical (unpaired) electrons. The molecule has 0 aromatic carbocycles. The highest BCUT2D eigenvalue weighted by Crippen LogP contribution is 2.52. The first kappa shape index (κ1) is 12.1. The monoisotopic (exact) mass is 195 g/mol. The van der Waals surface area contributed by atoms with Crippen LogP contribution in [-0.4, -0.2) is 21.5 Å². The molecule has 0 aliphatic heterocycles. The quantitative estimate of drug-likeness (QED) is 0.452. The molecule has 0 unspecified atom stereocenters. The van der Waals surface area contributed by atoms with Crippen LogP contribution in [0.4, 0.5) is 0 Å². The number of nitrogens with two attached hydrogens (primary N) is 1. The van der Waals surface area contributed by atoms with Gasteiger partial charge in [0, 0.05) is 0 Å². The molecule has 4 N–H and O–H groups in total. The first-order valence-corrected chi connectivity index (χ1v) is 5.68. The van der Waals surface area contributed by atoms with Gasteiger partial charge in [-0.1, -0.05) is 6.42 Å². The van der Waals surface area contributed by atoms with Crippen LogP contribution < -0.4 is 5.73 Å². The van der Waals surface area contributed by atoms with E-state index >= 15 is 0 Å². The third-order valence-electron chi connectivity index (χ3n) is 2.03. The molecule has 12 heavy (non-hydrogen) atoms. The van der Waals surface area contributed by atoms with Gasteiger partial charge < -0.3 is 15.5 Å². The van der Waals surface area contributed by atoms with Gasteiger partial charge in [-0.2, -0.15) is 0 Å². The SMILES string of the molecule is CC(C)(CCCCN)P(=O)(O)O. The molecule has 0 saturated heterocycles. The Morgan fingerprint density at radius 3 is 2.17 bits per heavy atom. The summed E-state index contributed by atoms with van der Waals surface area (Å²) in [6, 6.07) is 0. The molecule has 74 valence electrons. The summed E-state index contributed by atoms with van der Waals surface area (Å²) in [6.45, 7) is 3.76. The van der Waals surface area contributed by atoms with E-state index in [1.54, 1.807) is 13.8 Å². The highest BCUT2D eigenvalue weighted by atomic mass is 31.2. The standard InChI is InChI=1S/C7H18NO3P/c1-7(2,12(9,10)11)5-3-4-6-8/h3-6,8H2,1-2H3,(H2,9,10,11). The molecule has 5 heteroatoms. The Kier molecular flexibility index (Phi) is 4.42. The van der Waals surface area contributed by atoms with E-state index in [-0.39, 0.29) is 0 Å². The van der Waals surface area contributed by atoms with E-state index in [0.29, 0.717) is 13.0 Å². The third kappa shape index (κ3) is 3.68. The van der Waals surface area contributed by atoms with Gasteiger partial charge in [0.2, 0.25) is 0 Å². The van der Waals surface area contributed by atoms with Gasteiger partial charge in [-0.3, -0.25) is 4.57 Å². The Balaban J connectivity index is 3.97. The van der Waals surface area contributed by atoms with Crippen LogP contribution >= 0.6 is 7.60 Å². The lowest BCUT2D eigenvalue weighted by atomic mass is 10.1. The lowest BCUT2D eigenvalue weighted by Gasteiger charge is -2.25. The van der Waals surface area contributed by atoms with Crippen molar-refractivity contribution in [2.45, 2.75) is 38.3 Å². The number of hydrogen-bond donors (Lipinski definition) is 3. The zero-order valence-corrected chi connectivity index (χ0v) is 8.55. The van der Waals surface area contributed by atoms with E-state index in [1.165, 1.54) is 0 Å². The summed E-state index contributed by atoms with van der Waals surface area (Å²) < 4.78 is 10.9. The summed E-state index contributed by atoms with van der Waals surface area (Å²) in [4.78, 5) is 17.8. The van der Waals surface area contributed by atoms with E-state index in [9.17, 15) is 4.57 Å². The van der Waals surface area contributed by atoms with Crippen LogP contribution in [0.2, 0.25) is 0 Å². The molecule has 0 aliphatic rings. The van der Waals surface area contributed by atoms with Gasteiger partial charge in [-0.05, 0) is 33.2 Å². The lowest BCUT2D eigenvalue weighted by Crippen LogP contribution is -2.20. The van der Waals surface area contributed by atoms with Crippen molar-refractivity contribution in [1.29, 1.82) is 0 Å². The van der Waals surface area contributed by atoms with E-state index in [0.717, 1.165) is 12.8 Å². The Morgan fingerprint density at radius 1 is 1.33 bits per heavy atom. The minimum atomic E-state index is -3.95. The van der Waals surface area contributed by atoms with Crippen molar-refractivity contribution in [1.82, 2.24) is 0 Å². The van der Waals surface area contributed by atoms with E-state index in [1.807, 2.05) is 0 Å². The van der Waals surface area contributed by atoms with Gasteiger partial charge in [-0.15, -0.1) is 0 Å². The molecule has 0 aliphatic carbocycles. The Labute approximate surface area is 73.3 Å². The fourth-order valence-corrected chi connectivity index (χ4v) is 1.30. The molecule has 0 rings (SSSR count). The third-order valence-corrected chi connectivity index (χ3v) is 3.83. The molecular weight excluding hydrogens is 177 g/mol. The van der Waals surface area contributed by atoms with Gasteiger partial charge >= 0.3 is 7.60 Å². The molecule has 0 heterocycles. The number of unbranched alkanes of at least 4 members (excludes halogenated alkanes) is 1. The minimum absolute atomic E-state index is 0.522. The molecule has 0 saturated carbocycles. The molecule has 0 bridgehead atoms. The molecule has 0 atom stereocenters. The second-order valence-electron chi connectivity index (χ2n) is 3.60. The normalized spacial score (nSPS) is 13.4. The maximum absolute atomic E-state index is 10.9. The van der Waals surface area contributed by atoms with Crippen molar-refractivity contribution >= 4 is 7.60 Å². The molecule has 0 aromatic rings. The second-order valence-corrected chi connectivity index (χ2v) is 5.90. The average Bonchev–Trinajstić information content (AvgIpc) is 1.85. The predicted molar refractivity (Wildman–Crippen MR) is 49.0 cm³/mol. The van der Waals surface area contributed by atoms with Crippen LogP contribution in [-0.2, 0) is 4.57 Å². The van der Waals surface area contributed by atoms with Crippen molar-refractivity contribution in [3.05, 3.63) is 0 Å². The van der Waals surface area contributed by atoms with Crippen molar-refractivity contribution in [3.63, 3.8) is 0 Å². The fraction of sp³-hybridized carbons (Fsp3) is 1.00. The largest absolute Gasteiger partial charge is 0.331 e. The summed E-state index contributed by atoms with van der Waals surface area (Å²) in [5.41, 5.74) is 5.27. The van der Waals surface area contributed by atoms with Crippen LogP contribution in [0.5, 0.6) is 0 Å². The fourth-order valence-electron chi connectivity index (χ4n) is 0.848. The summed E-state index contributed by atoms with van der Waals surface area (Å²) in [6.07, 6.45) is 2.12. The van der Waals surface area contributed by atoms with Crippen LogP contribution in [0.25, 0.3) is 0 Å². The molecule has 0 aromatic heterocycles. The Hall–Kier alpha value is 0.110. The van der Waals surface area contributed by atoms with Crippen molar-refractivity contribution in [2.24, 2.45) is 5.73 Å². The van der Waals surface area contributed by atoms with Crippen LogP contribution in [0.15, 0.2) is 0 Å². The smallest absolute Gasteiger partial charge is 0.330 e. The Bertz CT molecular complexity index is 175. The van der Waals surface area contributed by atoms with Crippen LogP contribution in [0, 0.1) is 0 Å². The van der Waals surface area contributed by atoms with Gasteiger partial charge in [0.25, 0.3) is 0 Å². The van der Waals surface area contributed by atoms with Crippen molar-refractivity contribution in [3.8, 4) is 0 Å². The number of rotatable bonds is 5. The minimum Gasteiger partial charge on any atom is -0.330 e. The first-order chi connectivity index (χ1) is 5.31. The lowest BCUT2D eigenvalue weighted by molar-refractivity contribution is 0.327.